The fourth-order valence-corrected chi connectivity index (χ4v) is 1.22. The van der Waals surface area contributed by atoms with Crippen molar-refractivity contribution >= 4 is 11.6 Å². The Morgan fingerprint density at radius 2 is 2.29 bits per heavy atom. The number of rotatable bonds is 1. The maximum atomic E-state index is 11.3. The number of aromatic nitrogens is 3. The lowest BCUT2D eigenvalue weighted by Crippen LogP contribution is -2.14. The number of carboxylic acid groups (broad SMARTS) is 1. The summed E-state index contributed by atoms with van der Waals surface area (Å²) in [6, 6.07) is 2.64. The Bertz CT molecular complexity index is 567. The Kier molecular flexibility index (Phi) is 1.63. The summed E-state index contributed by atoms with van der Waals surface area (Å²) in [5, 5.41) is 11.1. The summed E-state index contributed by atoms with van der Waals surface area (Å²) < 4.78 is 1.09. The van der Waals surface area contributed by atoms with Gasteiger partial charge in [0.1, 0.15) is 5.69 Å². The molecule has 2 aromatic rings. The number of nitrogens with one attached hydrogen (secondary N) is 1. The van der Waals surface area contributed by atoms with Gasteiger partial charge in [-0.2, -0.15) is 0 Å². The minimum atomic E-state index is -1.12. The highest BCUT2D eigenvalue weighted by atomic mass is 16.4. The van der Waals surface area contributed by atoms with E-state index in [4.69, 9.17) is 5.11 Å². The number of carboxylic acids is 1. The number of aromatic amines is 1. The van der Waals surface area contributed by atoms with Gasteiger partial charge in [0.05, 0.1) is 0 Å². The van der Waals surface area contributed by atoms with E-state index in [-0.39, 0.29) is 11.3 Å². The molecule has 0 unspecified atom stereocenters. The van der Waals surface area contributed by atoms with Crippen molar-refractivity contribution in [2.45, 2.75) is 6.92 Å². The molecular weight excluding hydrogens is 186 g/mol. The summed E-state index contributed by atoms with van der Waals surface area (Å²) in [6.45, 7) is 1.68. The van der Waals surface area contributed by atoms with E-state index in [1.54, 1.807) is 6.92 Å². The normalized spacial score (nSPS) is 10.6. The van der Waals surface area contributed by atoms with Crippen LogP contribution in [0.15, 0.2) is 16.9 Å². The molecule has 0 fully saturated rings. The van der Waals surface area contributed by atoms with Gasteiger partial charge in [-0.05, 0) is 6.92 Å². The molecule has 0 aliphatic rings. The SMILES string of the molecule is Cc1cc(=O)n2[nH]c(C(=O)O)cc2n1. The molecule has 0 saturated heterocycles. The van der Waals surface area contributed by atoms with Crippen LogP contribution < -0.4 is 5.56 Å². The van der Waals surface area contributed by atoms with Crippen LogP contribution in [0.5, 0.6) is 0 Å². The van der Waals surface area contributed by atoms with Crippen molar-refractivity contribution in [1.29, 1.82) is 0 Å². The molecule has 0 bridgehead atoms. The molecule has 0 spiro atoms. The predicted octanol–water partition coefficient (Wildman–Crippen LogP) is 0.0292. The highest BCUT2D eigenvalue weighted by Crippen LogP contribution is 2.01. The Labute approximate surface area is 77.8 Å². The lowest BCUT2D eigenvalue weighted by molar-refractivity contribution is 0.0690. The van der Waals surface area contributed by atoms with Crippen LogP contribution in [0.1, 0.15) is 16.2 Å². The summed E-state index contributed by atoms with van der Waals surface area (Å²) in [4.78, 5) is 25.9. The second kappa shape index (κ2) is 2.69. The van der Waals surface area contributed by atoms with Gasteiger partial charge in [0.2, 0.25) is 0 Å². The van der Waals surface area contributed by atoms with Gasteiger partial charge in [0, 0.05) is 17.8 Å². The molecule has 0 aliphatic heterocycles. The number of hydrogen-bond acceptors (Lipinski definition) is 3. The minimum Gasteiger partial charge on any atom is -0.477 e. The second-order valence-electron chi connectivity index (χ2n) is 2.90. The molecule has 2 heterocycles. The first-order valence-electron chi connectivity index (χ1n) is 3.90. The number of hydrogen-bond donors (Lipinski definition) is 2. The van der Waals surface area contributed by atoms with Gasteiger partial charge >= 0.3 is 5.97 Å². The number of fused-ring (bicyclic) bond motifs is 1. The first-order chi connectivity index (χ1) is 6.58. The van der Waals surface area contributed by atoms with E-state index in [0.29, 0.717) is 11.3 Å². The monoisotopic (exact) mass is 193 g/mol. The van der Waals surface area contributed by atoms with E-state index >= 15 is 0 Å². The number of aryl methyl sites for hydroxylation is 1. The van der Waals surface area contributed by atoms with Crippen LogP contribution in [0, 0.1) is 6.92 Å². The Morgan fingerprint density at radius 1 is 1.57 bits per heavy atom. The molecule has 0 radical (unpaired) electrons. The van der Waals surface area contributed by atoms with Gasteiger partial charge in [-0.1, -0.05) is 0 Å². The number of carbonyl (C=O) groups is 1. The number of H-pyrrole nitrogens is 1. The molecule has 72 valence electrons. The zero-order valence-corrected chi connectivity index (χ0v) is 7.31. The maximum Gasteiger partial charge on any atom is 0.353 e. The van der Waals surface area contributed by atoms with Crippen molar-refractivity contribution in [2.24, 2.45) is 0 Å². The summed E-state index contributed by atoms with van der Waals surface area (Å²) >= 11 is 0. The smallest absolute Gasteiger partial charge is 0.353 e. The van der Waals surface area contributed by atoms with Gasteiger partial charge in [-0.3, -0.25) is 9.89 Å². The average Bonchev–Trinajstić information content (AvgIpc) is 2.47. The summed E-state index contributed by atoms with van der Waals surface area (Å²) in [7, 11) is 0. The molecule has 6 heteroatoms. The standard InChI is InChI=1S/C8H7N3O3/c1-4-2-7(12)11-6(9-4)3-5(10-11)8(13)14/h2-3,10H,1H3,(H,13,14). The molecule has 0 atom stereocenters. The van der Waals surface area contributed by atoms with E-state index in [0.717, 1.165) is 4.52 Å². The van der Waals surface area contributed by atoms with Crippen molar-refractivity contribution in [1.82, 2.24) is 14.6 Å². The van der Waals surface area contributed by atoms with Crippen molar-refractivity contribution in [3.8, 4) is 0 Å². The molecule has 2 rings (SSSR count). The van der Waals surface area contributed by atoms with Gasteiger partial charge in [-0.25, -0.2) is 14.3 Å². The molecule has 6 nitrogen and oxygen atoms in total. The van der Waals surface area contributed by atoms with Crippen LogP contribution >= 0.6 is 0 Å². The summed E-state index contributed by atoms with van der Waals surface area (Å²) in [6.07, 6.45) is 0. The predicted molar refractivity (Wildman–Crippen MR) is 47.5 cm³/mol. The molecule has 14 heavy (non-hydrogen) atoms. The lowest BCUT2D eigenvalue weighted by atomic mass is 10.4. The molecule has 0 saturated carbocycles. The van der Waals surface area contributed by atoms with Crippen molar-refractivity contribution in [3.63, 3.8) is 0 Å². The minimum absolute atomic E-state index is 0.0554. The van der Waals surface area contributed by atoms with E-state index in [2.05, 4.69) is 10.1 Å². The fourth-order valence-electron chi connectivity index (χ4n) is 1.22. The molecule has 2 N–H and O–H groups in total. The quantitative estimate of drug-likeness (QED) is 0.668. The van der Waals surface area contributed by atoms with Gasteiger partial charge in [-0.15, -0.1) is 0 Å². The topological polar surface area (TPSA) is 87.5 Å². The van der Waals surface area contributed by atoms with Crippen LogP contribution in [-0.2, 0) is 0 Å². The highest BCUT2D eigenvalue weighted by molar-refractivity contribution is 5.86. The third-order valence-electron chi connectivity index (χ3n) is 1.81. The van der Waals surface area contributed by atoms with Crippen LogP contribution in [0.25, 0.3) is 5.65 Å². The number of nitrogens with zero attached hydrogens (tertiary/aromatic N) is 2. The van der Waals surface area contributed by atoms with Crippen LogP contribution in [0.3, 0.4) is 0 Å². The maximum absolute atomic E-state index is 11.3. The molecular formula is C8H7N3O3. The third-order valence-corrected chi connectivity index (χ3v) is 1.81. The molecule has 2 aromatic heterocycles. The Morgan fingerprint density at radius 3 is 2.93 bits per heavy atom. The van der Waals surface area contributed by atoms with Crippen molar-refractivity contribution in [3.05, 3.63) is 33.9 Å². The van der Waals surface area contributed by atoms with Crippen molar-refractivity contribution < 1.29 is 9.90 Å². The Hall–Kier alpha value is -2.11. The van der Waals surface area contributed by atoms with Crippen LogP contribution in [0.4, 0.5) is 0 Å². The van der Waals surface area contributed by atoms with E-state index in [1.807, 2.05) is 0 Å². The largest absolute Gasteiger partial charge is 0.477 e. The van der Waals surface area contributed by atoms with Gasteiger partial charge in [0.25, 0.3) is 5.56 Å². The van der Waals surface area contributed by atoms with Crippen LogP contribution in [0.2, 0.25) is 0 Å². The molecule has 0 aromatic carbocycles. The van der Waals surface area contributed by atoms with E-state index in [1.165, 1.54) is 12.1 Å². The molecule has 0 aliphatic carbocycles. The number of aromatic carboxylic acids is 1. The van der Waals surface area contributed by atoms with Crippen molar-refractivity contribution in [2.75, 3.05) is 0 Å². The fraction of sp³-hybridized carbons (Fsp3) is 0.125. The first kappa shape index (κ1) is 8.49. The lowest BCUT2D eigenvalue weighted by Gasteiger charge is -1.92. The van der Waals surface area contributed by atoms with Gasteiger partial charge in [0.15, 0.2) is 5.65 Å². The zero-order valence-electron chi connectivity index (χ0n) is 7.31. The Balaban J connectivity index is 2.83. The summed E-state index contributed by atoms with van der Waals surface area (Å²) in [5.41, 5.74) is 0.499. The van der Waals surface area contributed by atoms with E-state index in [9.17, 15) is 9.59 Å². The zero-order chi connectivity index (χ0) is 10.3. The average molecular weight is 193 g/mol. The second-order valence-corrected chi connectivity index (χ2v) is 2.90. The van der Waals surface area contributed by atoms with Crippen LogP contribution in [-0.4, -0.2) is 25.7 Å². The van der Waals surface area contributed by atoms with Gasteiger partial charge < -0.3 is 5.11 Å². The highest BCUT2D eigenvalue weighted by Gasteiger charge is 2.09. The molecule has 0 amide bonds. The van der Waals surface area contributed by atoms with E-state index < -0.39 is 5.97 Å². The summed E-state index contributed by atoms with van der Waals surface area (Å²) in [5.74, 6) is -1.12. The third kappa shape index (κ3) is 1.17. The first-order valence-corrected chi connectivity index (χ1v) is 3.90.